The molecule has 0 saturated heterocycles. The van der Waals surface area contributed by atoms with Crippen LogP contribution in [0.15, 0.2) is 12.3 Å². The van der Waals surface area contributed by atoms with Crippen LogP contribution in [0.3, 0.4) is 0 Å². The number of nitrogens with zero attached hydrogens (tertiary/aromatic N) is 1. The summed E-state index contributed by atoms with van der Waals surface area (Å²) < 4.78 is 1.59. The van der Waals surface area contributed by atoms with Crippen molar-refractivity contribution in [1.82, 2.24) is 0 Å². The maximum Gasteiger partial charge on any atom is 0.194 e. The zero-order valence-corrected chi connectivity index (χ0v) is 4.17. The van der Waals surface area contributed by atoms with Crippen LogP contribution in [0.2, 0.25) is 0 Å². The molecule has 0 bridgehead atoms. The Bertz CT molecular complexity index is 113. The van der Waals surface area contributed by atoms with Gasteiger partial charge < -0.3 is 0 Å². The molecule has 0 aromatic heterocycles. The van der Waals surface area contributed by atoms with Gasteiger partial charge in [0.2, 0.25) is 0 Å². The van der Waals surface area contributed by atoms with Gasteiger partial charge in [-0.2, -0.15) is 0 Å². The first-order valence-electron chi connectivity index (χ1n) is 2.42. The second-order valence-corrected chi connectivity index (χ2v) is 1.59. The molecule has 1 heterocycles. The van der Waals surface area contributed by atoms with Gasteiger partial charge in [0.15, 0.2) is 12.4 Å². The zero-order chi connectivity index (χ0) is 5.11. The third-order valence-corrected chi connectivity index (χ3v) is 0.951. The summed E-state index contributed by atoms with van der Waals surface area (Å²) in [6.07, 6.45) is 8.09. The van der Waals surface area contributed by atoms with Crippen LogP contribution < -0.4 is 5.84 Å². The molecule has 7 heavy (non-hydrogen) atoms. The van der Waals surface area contributed by atoms with Gasteiger partial charge in [0, 0.05) is 6.42 Å². The van der Waals surface area contributed by atoms with Crippen molar-refractivity contribution in [1.29, 1.82) is 0 Å². The number of hydrazone groups is 1. The molecule has 0 atom stereocenters. The van der Waals surface area contributed by atoms with Crippen LogP contribution in [-0.2, 0) is 0 Å². The van der Waals surface area contributed by atoms with Crippen molar-refractivity contribution in [3.63, 3.8) is 0 Å². The summed E-state index contributed by atoms with van der Waals surface area (Å²) in [6, 6.07) is 0. The summed E-state index contributed by atoms with van der Waals surface area (Å²) >= 11 is 0. The topological polar surface area (TPSA) is 29.0 Å². The molecule has 0 aromatic carbocycles. The van der Waals surface area contributed by atoms with Gasteiger partial charge in [0.1, 0.15) is 0 Å². The minimum Gasteiger partial charge on any atom is -0.206 e. The Morgan fingerprint density at radius 3 is 2.57 bits per heavy atom. The summed E-state index contributed by atoms with van der Waals surface area (Å²) in [5.74, 6) is 5.33. The van der Waals surface area contributed by atoms with Crippen LogP contribution in [0.1, 0.15) is 12.8 Å². The fourth-order valence-corrected chi connectivity index (χ4v) is 0.577. The predicted molar refractivity (Wildman–Crippen MR) is 28.9 cm³/mol. The van der Waals surface area contributed by atoms with E-state index in [2.05, 4.69) is 6.08 Å². The number of hydrogen-bond donors (Lipinski definition) is 1. The van der Waals surface area contributed by atoms with Crippen molar-refractivity contribution in [3.8, 4) is 0 Å². The van der Waals surface area contributed by atoms with E-state index in [9.17, 15) is 0 Å². The molecule has 38 valence electrons. The lowest BCUT2D eigenvalue weighted by molar-refractivity contribution is -0.466. The van der Waals surface area contributed by atoms with Gasteiger partial charge in [0.25, 0.3) is 0 Å². The van der Waals surface area contributed by atoms with Crippen LogP contribution in [0.25, 0.3) is 0 Å². The molecule has 1 rings (SSSR count). The molecule has 2 heteroatoms. The quantitative estimate of drug-likeness (QED) is 0.341. The highest BCUT2D eigenvalue weighted by Gasteiger charge is 1.94. The third kappa shape index (κ3) is 1.03. The highest BCUT2D eigenvalue weighted by Crippen LogP contribution is 1.91. The fourth-order valence-electron chi connectivity index (χ4n) is 0.577. The molecule has 2 N–H and O–H groups in total. The van der Waals surface area contributed by atoms with Crippen LogP contribution in [-0.4, -0.2) is 10.9 Å². The van der Waals surface area contributed by atoms with E-state index in [0.717, 1.165) is 12.8 Å². The molecule has 0 aromatic rings. The average molecular weight is 97.1 g/mol. The second kappa shape index (κ2) is 1.78. The van der Waals surface area contributed by atoms with Crippen molar-refractivity contribution in [2.45, 2.75) is 12.8 Å². The summed E-state index contributed by atoms with van der Waals surface area (Å²) in [5, 5.41) is 0. The summed E-state index contributed by atoms with van der Waals surface area (Å²) in [7, 11) is 0. The van der Waals surface area contributed by atoms with Gasteiger partial charge in [-0.15, -0.1) is 0 Å². The van der Waals surface area contributed by atoms with E-state index in [-0.39, 0.29) is 0 Å². The Morgan fingerprint density at radius 2 is 2.29 bits per heavy atom. The molecule has 0 unspecified atom stereocenters. The maximum atomic E-state index is 5.33. The summed E-state index contributed by atoms with van der Waals surface area (Å²) in [6.45, 7) is 0. The number of nitrogens with two attached hydrogens (primary N) is 1. The van der Waals surface area contributed by atoms with Gasteiger partial charge in [0.05, 0.1) is 0 Å². The summed E-state index contributed by atoms with van der Waals surface area (Å²) in [5.41, 5.74) is 0. The highest BCUT2D eigenvalue weighted by molar-refractivity contribution is 5.52. The Kier molecular flexibility index (Phi) is 1.11. The molecule has 0 saturated carbocycles. The molecule has 0 spiro atoms. The molecule has 2 nitrogen and oxygen atoms in total. The van der Waals surface area contributed by atoms with Gasteiger partial charge in [-0.1, -0.05) is 4.68 Å². The molecule has 0 aliphatic carbocycles. The molecule has 1 aliphatic heterocycles. The Labute approximate surface area is 42.9 Å². The smallest absolute Gasteiger partial charge is 0.194 e. The van der Waals surface area contributed by atoms with E-state index in [1.807, 2.05) is 12.4 Å². The maximum absolute atomic E-state index is 5.33. The van der Waals surface area contributed by atoms with Crippen LogP contribution in [0, 0.1) is 0 Å². The van der Waals surface area contributed by atoms with Crippen molar-refractivity contribution in [2.24, 2.45) is 5.84 Å². The number of hydrazine groups is 1. The SMILES string of the molecule is N[N+]1=CCCC=C1. The summed E-state index contributed by atoms with van der Waals surface area (Å²) in [4.78, 5) is 0. The van der Waals surface area contributed by atoms with E-state index in [1.54, 1.807) is 4.68 Å². The first-order valence-corrected chi connectivity index (χ1v) is 2.42. The van der Waals surface area contributed by atoms with Crippen molar-refractivity contribution < 1.29 is 4.68 Å². The molecule has 0 radical (unpaired) electrons. The number of hydrogen-bond acceptors (Lipinski definition) is 1. The molecule has 1 aliphatic rings. The van der Waals surface area contributed by atoms with Gasteiger partial charge in [-0.3, -0.25) is 0 Å². The third-order valence-electron chi connectivity index (χ3n) is 0.951. The first kappa shape index (κ1) is 4.37. The molecule has 0 amide bonds. The lowest BCUT2D eigenvalue weighted by Crippen LogP contribution is -2.15. The monoisotopic (exact) mass is 97.1 g/mol. The minimum atomic E-state index is 1.08. The highest BCUT2D eigenvalue weighted by atomic mass is 15.3. The van der Waals surface area contributed by atoms with Crippen LogP contribution in [0.5, 0.6) is 0 Å². The van der Waals surface area contributed by atoms with E-state index < -0.39 is 0 Å². The van der Waals surface area contributed by atoms with E-state index >= 15 is 0 Å². The van der Waals surface area contributed by atoms with Crippen molar-refractivity contribution >= 4 is 6.21 Å². The van der Waals surface area contributed by atoms with Gasteiger partial charge >= 0.3 is 0 Å². The first-order chi connectivity index (χ1) is 3.39. The van der Waals surface area contributed by atoms with E-state index in [0.29, 0.717) is 0 Å². The van der Waals surface area contributed by atoms with Crippen molar-refractivity contribution in [2.75, 3.05) is 0 Å². The lowest BCUT2D eigenvalue weighted by atomic mass is 10.3. The normalized spacial score (nSPS) is 19.1. The molecular formula is C5H9N2+. The van der Waals surface area contributed by atoms with Crippen molar-refractivity contribution in [3.05, 3.63) is 12.3 Å². The number of rotatable bonds is 0. The lowest BCUT2D eigenvalue weighted by Gasteiger charge is -1.90. The Hall–Kier alpha value is -0.790. The Balaban J connectivity index is 2.58. The van der Waals surface area contributed by atoms with E-state index in [4.69, 9.17) is 5.84 Å². The van der Waals surface area contributed by atoms with E-state index in [1.165, 1.54) is 0 Å². The number of allylic oxidation sites excluding steroid dienone is 1. The predicted octanol–water partition coefficient (Wildman–Crippen LogP) is 0.251. The fraction of sp³-hybridized carbons (Fsp3) is 0.400. The average Bonchev–Trinajstić information content (AvgIpc) is 1.69. The largest absolute Gasteiger partial charge is 0.206 e. The minimum absolute atomic E-state index is 1.08. The van der Waals surface area contributed by atoms with Crippen LogP contribution in [0.4, 0.5) is 0 Å². The second-order valence-electron chi connectivity index (χ2n) is 1.59. The van der Waals surface area contributed by atoms with Gasteiger partial charge in [-0.05, 0) is 12.5 Å². The standard InChI is InChI=1S/C5H9N2/c6-7-4-2-1-3-5-7/h2,4-5H,1,3,6H2/q+1. The van der Waals surface area contributed by atoms with Gasteiger partial charge in [-0.25, -0.2) is 5.84 Å². The molecule has 0 fully saturated rings. The molecular weight excluding hydrogens is 88.1 g/mol. The van der Waals surface area contributed by atoms with Crippen LogP contribution >= 0.6 is 0 Å². The Morgan fingerprint density at radius 1 is 1.43 bits per heavy atom. The zero-order valence-electron chi connectivity index (χ0n) is 4.17.